The molecule has 0 aromatic heterocycles. The minimum atomic E-state index is -0.239. The van der Waals surface area contributed by atoms with Gasteiger partial charge in [0.25, 0.3) is 5.91 Å². The van der Waals surface area contributed by atoms with Crippen LogP contribution in [0.2, 0.25) is 5.02 Å². The number of carbonyl (C=O) groups is 2. The highest BCUT2D eigenvalue weighted by Gasteiger charge is 2.14. The van der Waals surface area contributed by atoms with Gasteiger partial charge in [0.15, 0.2) is 0 Å². The number of para-hydroxylation sites is 1. The van der Waals surface area contributed by atoms with Gasteiger partial charge in [-0.15, -0.1) is 0 Å². The van der Waals surface area contributed by atoms with Crippen LogP contribution < -0.4 is 15.4 Å². The lowest BCUT2D eigenvalue weighted by molar-refractivity contribution is -0.115. The molecule has 0 aliphatic carbocycles. The zero-order valence-corrected chi connectivity index (χ0v) is 17.4. The average molecular weight is 423 g/mol. The molecule has 0 heterocycles. The number of hydrogen-bond acceptors (Lipinski definition) is 3. The molecule has 3 rings (SSSR count). The first-order valence-electron chi connectivity index (χ1n) is 9.60. The number of rotatable bonds is 8. The molecule has 0 fully saturated rings. The monoisotopic (exact) mass is 422 g/mol. The molecule has 0 spiro atoms. The number of anilines is 1. The van der Waals surface area contributed by atoms with Crippen molar-refractivity contribution in [2.24, 2.45) is 0 Å². The second-order valence-corrected chi connectivity index (χ2v) is 7.12. The first kappa shape index (κ1) is 21.4. The summed E-state index contributed by atoms with van der Waals surface area (Å²) in [6.07, 6.45) is 0.823. The van der Waals surface area contributed by atoms with E-state index in [0.29, 0.717) is 29.2 Å². The van der Waals surface area contributed by atoms with Crippen molar-refractivity contribution in [3.05, 3.63) is 94.5 Å². The number of nitrogens with one attached hydrogen (secondary N) is 2. The van der Waals surface area contributed by atoms with E-state index in [1.165, 1.54) is 0 Å². The van der Waals surface area contributed by atoms with E-state index in [1.807, 2.05) is 36.4 Å². The SMILES string of the molecule is COc1ccc(CCNC(=O)c2ccccc2NC(=O)Cc2ccccc2Cl)cc1. The minimum Gasteiger partial charge on any atom is -0.497 e. The normalized spacial score (nSPS) is 10.3. The van der Waals surface area contributed by atoms with Crippen LogP contribution in [-0.2, 0) is 17.6 Å². The molecule has 0 aliphatic heterocycles. The summed E-state index contributed by atoms with van der Waals surface area (Å²) in [7, 11) is 1.62. The summed E-state index contributed by atoms with van der Waals surface area (Å²) in [5.74, 6) is 0.322. The van der Waals surface area contributed by atoms with Crippen molar-refractivity contribution in [3.63, 3.8) is 0 Å². The number of hydrogen-bond donors (Lipinski definition) is 2. The van der Waals surface area contributed by atoms with E-state index in [2.05, 4.69) is 10.6 Å². The fourth-order valence-corrected chi connectivity index (χ4v) is 3.21. The van der Waals surface area contributed by atoms with Gasteiger partial charge in [-0.3, -0.25) is 9.59 Å². The standard InChI is InChI=1S/C24H23ClN2O3/c1-30-19-12-10-17(11-13-19)14-15-26-24(29)20-7-3-5-9-22(20)27-23(28)16-18-6-2-4-8-21(18)25/h2-13H,14-16H2,1H3,(H,26,29)(H,27,28). The third-order valence-electron chi connectivity index (χ3n) is 4.61. The molecule has 30 heavy (non-hydrogen) atoms. The Morgan fingerprint density at radius 3 is 2.37 bits per heavy atom. The van der Waals surface area contributed by atoms with Crippen LogP contribution in [0.5, 0.6) is 5.75 Å². The van der Waals surface area contributed by atoms with Crippen molar-refractivity contribution < 1.29 is 14.3 Å². The molecular weight excluding hydrogens is 400 g/mol. The van der Waals surface area contributed by atoms with Gasteiger partial charge in [0.1, 0.15) is 5.75 Å². The molecule has 0 atom stereocenters. The van der Waals surface area contributed by atoms with Gasteiger partial charge in [-0.25, -0.2) is 0 Å². The summed E-state index contributed by atoms with van der Waals surface area (Å²) in [5.41, 5.74) is 2.71. The van der Waals surface area contributed by atoms with Gasteiger partial charge < -0.3 is 15.4 Å². The third-order valence-corrected chi connectivity index (χ3v) is 4.98. The van der Waals surface area contributed by atoms with Gasteiger partial charge >= 0.3 is 0 Å². The number of carbonyl (C=O) groups excluding carboxylic acids is 2. The highest BCUT2D eigenvalue weighted by molar-refractivity contribution is 6.31. The van der Waals surface area contributed by atoms with Crippen LogP contribution >= 0.6 is 11.6 Å². The fourth-order valence-electron chi connectivity index (χ4n) is 3.01. The van der Waals surface area contributed by atoms with Gasteiger partial charge in [-0.1, -0.05) is 54.1 Å². The molecule has 0 bridgehead atoms. The van der Waals surface area contributed by atoms with Gasteiger partial charge in [-0.05, 0) is 47.9 Å². The molecular formula is C24H23ClN2O3. The predicted molar refractivity (Wildman–Crippen MR) is 119 cm³/mol. The van der Waals surface area contributed by atoms with E-state index in [1.54, 1.807) is 43.5 Å². The molecule has 0 unspecified atom stereocenters. The minimum absolute atomic E-state index is 0.132. The number of methoxy groups -OCH3 is 1. The Kier molecular flexibility index (Phi) is 7.46. The Labute approximate surface area is 181 Å². The summed E-state index contributed by atoms with van der Waals surface area (Å²) in [5, 5.41) is 6.26. The van der Waals surface area contributed by atoms with Gasteiger partial charge in [0, 0.05) is 11.6 Å². The molecule has 5 nitrogen and oxygen atoms in total. The van der Waals surface area contributed by atoms with Crippen molar-refractivity contribution in [1.29, 1.82) is 0 Å². The predicted octanol–water partition coefficient (Wildman–Crippen LogP) is 4.50. The van der Waals surface area contributed by atoms with Crippen molar-refractivity contribution >= 4 is 29.1 Å². The molecule has 3 aromatic rings. The smallest absolute Gasteiger partial charge is 0.253 e. The molecule has 0 radical (unpaired) electrons. The topological polar surface area (TPSA) is 67.4 Å². The van der Waals surface area contributed by atoms with E-state index >= 15 is 0 Å². The highest BCUT2D eigenvalue weighted by Crippen LogP contribution is 2.18. The maximum Gasteiger partial charge on any atom is 0.253 e. The van der Waals surface area contributed by atoms with Crippen molar-refractivity contribution in [2.75, 3.05) is 19.0 Å². The zero-order valence-electron chi connectivity index (χ0n) is 16.7. The second kappa shape index (κ2) is 10.5. The maximum atomic E-state index is 12.6. The Bertz CT molecular complexity index is 1020. The fraction of sp³-hybridized carbons (Fsp3) is 0.167. The number of halogens is 1. The van der Waals surface area contributed by atoms with Crippen molar-refractivity contribution in [3.8, 4) is 5.75 Å². The highest BCUT2D eigenvalue weighted by atomic mass is 35.5. The Morgan fingerprint density at radius 1 is 0.933 bits per heavy atom. The largest absolute Gasteiger partial charge is 0.497 e. The molecule has 2 amide bonds. The van der Waals surface area contributed by atoms with Crippen LogP contribution in [0.25, 0.3) is 0 Å². The van der Waals surface area contributed by atoms with Crippen LogP contribution in [-0.4, -0.2) is 25.5 Å². The second-order valence-electron chi connectivity index (χ2n) is 6.72. The van der Waals surface area contributed by atoms with Crippen LogP contribution in [0, 0.1) is 0 Å². The number of ether oxygens (including phenoxy) is 1. The van der Waals surface area contributed by atoms with Gasteiger partial charge in [0.05, 0.1) is 24.8 Å². The van der Waals surface area contributed by atoms with Gasteiger partial charge in [0.2, 0.25) is 5.91 Å². The Balaban J connectivity index is 1.58. The molecule has 2 N–H and O–H groups in total. The van der Waals surface area contributed by atoms with Gasteiger partial charge in [-0.2, -0.15) is 0 Å². The molecule has 0 saturated heterocycles. The van der Waals surface area contributed by atoms with E-state index in [0.717, 1.165) is 16.9 Å². The number of amides is 2. The van der Waals surface area contributed by atoms with Crippen molar-refractivity contribution in [2.45, 2.75) is 12.8 Å². The first-order chi connectivity index (χ1) is 14.6. The lowest BCUT2D eigenvalue weighted by atomic mass is 10.1. The van der Waals surface area contributed by atoms with Crippen LogP contribution in [0.1, 0.15) is 21.5 Å². The third kappa shape index (κ3) is 5.84. The summed E-state index contributed by atoms with van der Waals surface area (Å²) in [4.78, 5) is 25.1. The van der Waals surface area contributed by atoms with E-state index in [4.69, 9.17) is 16.3 Å². The first-order valence-corrected chi connectivity index (χ1v) is 9.98. The lowest BCUT2D eigenvalue weighted by Gasteiger charge is -2.12. The number of benzene rings is 3. The van der Waals surface area contributed by atoms with E-state index in [9.17, 15) is 9.59 Å². The van der Waals surface area contributed by atoms with Crippen LogP contribution in [0.3, 0.4) is 0 Å². The molecule has 0 saturated carbocycles. The molecule has 6 heteroatoms. The van der Waals surface area contributed by atoms with Crippen molar-refractivity contribution in [1.82, 2.24) is 5.32 Å². The van der Waals surface area contributed by atoms with E-state index < -0.39 is 0 Å². The summed E-state index contributed by atoms with van der Waals surface area (Å²) < 4.78 is 5.15. The molecule has 154 valence electrons. The van der Waals surface area contributed by atoms with Crippen LogP contribution in [0.15, 0.2) is 72.8 Å². The average Bonchev–Trinajstić information content (AvgIpc) is 2.76. The summed E-state index contributed by atoms with van der Waals surface area (Å²) >= 11 is 6.13. The Morgan fingerprint density at radius 2 is 1.63 bits per heavy atom. The van der Waals surface area contributed by atoms with E-state index in [-0.39, 0.29) is 18.2 Å². The lowest BCUT2D eigenvalue weighted by Crippen LogP contribution is -2.27. The molecule has 0 aliphatic rings. The summed E-state index contributed by atoms with van der Waals surface area (Å²) in [6.45, 7) is 0.479. The molecule has 3 aromatic carbocycles. The summed E-state index contributed by atoms with van der Waals surface area (Å²) in [6, 6.07) is 21.9. The quantitative estimate of drug-likeness (QED) is 0.561. The Hall–Kier alpha value is -3.31. The maximum absolute atomic E-state index is 12.6. The van der Waals surface area contributed by atoms with Crippen LogP contribution in [0.4, 0.5) is 5.69 Å². The zero-order chi connectivity index (χ0) is 21.3.